The number of methoxy groups -OCH3 is 1. The van der Waals surface area contributed by atoms with Crippen molar-refractivity contribution in [3.05, 3.63) is 94.5 Å². The van der Waals surface area contributed by atoms with Crippen molar-refractivity contribution in [3.63, 3.8) is 0 Å². The van der Waals surface area contributed by atoms with Crippen molar-refractivity contribution < 1.29 is 19.1 Å². The monoisotopic (exact) mass is 490 g/mol. The number of fused-ring (bicyclic) bond motifs is 1. The van der Waals surface area contributed by atoms with Gasteiger partial charge in [-0.1, -0.05) is 29.8 Å². The molecule has 0 saturated heterocycles. The molecule has 0 saturated carbocycles. The van der Waals surface area contributed by atoms with Crippen molar-refractivity contribution in [2.45, 2.75) is 25.8 Å². The standard InChI is InChI=1S/C28H27ClN2O4/c1-28(2)16-19-7-10-23(34-3)14-24(19)25(31-28)15-26(32)18-5-4-6-21(13-18)30-27(33)17-35-22-11-8-20(29)9-12-22/h4-15,31H,16-17H2,1-3H3,(H,30,33)/b25-15-. The van der Waals surface area contributed by atoms with Gasteiger partial charge in [0.2, 0.25) is 0 Å². The molecule has 1 heterocycles. The number of carbonyl (C=O) groups excluding carboxylic acids is 2. The van der Waals surface area contributed by atoms with E-state index in [1.165, 1.54) is 0 Å². The fourth-order valence-corrected chi connectivity index (χ4v) is 4.12. The summed E-state index contributed by atoms with van der Waals surface area (Å²) < 4.78 is 10.9. The second-order valence-corrected chi connectivity index (χ2v) is 9.44. The first-order valence-corrected chi connectivity index (χ1v) is 11.6. The van der Waals surface area contributed by atoms with E-state index in [4.69, 9.17) is 21.1 Å². The van der Waals surface area contributed by atoms with Gasteiger partial charge in [-0.25, -0.2) is 0 Å². The van der Waals surface area contributed by atoms with Gasteiger partial charge in [-0.05, 0) is 74.4 Å². The smallest absolute Gasteiger partial charge is 0.262 e. The first kappa shape index (κ1) is 24.4. The molecule has 3 aromatic rings. The second kappa shape index (κ2) is 10.2. The highest BCUT2D eigenvalue weighted by atomic mass is 35.5. The number of hydrogen-bond donors (Lipinski definition) is 2. The van der Waals surface area contributed by atoms with Gasteiger partial charge in [0.25, 0.3) is 5.91 Å². The quantitative estimate of drug-likeness (QED) is 0.337. The number of anilines is 1. The lowest BCUT2D eigenvalue weighted by Gasteiger charge is -2.35. The number of amides is 1. The van der Waals surface area contributed by atoms with E-state index in [9.17, 15) is 9.59 Å². The zero-order chi connectivity index (χ0) is 25.0. The third kappa shape index (κ3) is 6.22. The molecule has 1 aliphatic rings. The minimum Gasteiger partial charge on any atom is -0.497 e. The molecule has 0 bridgehead atoms. The molecule has 3 aromatic carbocycles. The molecule has 1 aliphatic heterocycles. The Morgan fingerprint density at radius 2 is 1.80 bits per heavy atom. The predicted molar refractivity (Wildman–Crippen MR) is 138 cm³/mol. The van der Waals surface area contributed by atoms with E-state index in [-0.39, 0.29) is 23.8 Å². The number of rotatable bonds is 7. The number of carbonyl (C=O) groups is 2. The van der Waals surface area contributed by atoms with Gasteiger partial charge in [0, 0.05) is 39.1 Å². The topological polar surface area (TPSA) is 76.7 Å². The zero-order valence-electron chi connectivity index (χ0n) is 19.9. The summed E-state index contributed by atoms with van der Waals surface area (Å²) in [5.41, 5.74) is 3.61. The Morgan fingerprint density at radius 3 is 2.54 bits per heavy atom. The van der Waals surface area contributed by atoms with Crippen LogP contribution in [0.25, 0.3) is 5.70 Å². The average Bonchev–Trinajstić information content (AvgIpc) is 2.83. The van der Waals surface area contributed by atoms with Gasteiger partial charge < -0.3 is 20.1 Å². The van der Waals surface area contributed by atoms with Crippen molar-refractivity contribution in [2.75, 3.05) is 19.0 Å². The molecular formula is C28H27ClN2O4. The van der Waals surface area contributed by atoms with Gasteiger partial charge in [0.15, 0.2) is 12.4 Å². The third-order valence-corrected chi connectivity index (χ3v) is 5.85. The Morgan fingerprint density at radius 1 is 1.06 bits per heavy atom. The second-order valence-electron chi connectivity index (χ2n) is 9.00. The van der Waals surface area contributed by atoms with E-state index in [0.717, 1.165) is 29.0 Å². The summed E-state index contributed by atoms with van der Waals surface area (Å²) in [5, 5.41) is 6.84. The molecule has 35 heavy (non-hydrogen) atoms. The van der Waals surface area contributed by atoms with Crippen molar-refractivity contribution in [1.29, 1.82) is 0 Å². The summed E-state index contributed by atoms with van der Waals surface area (Å²) in [6.45, 7) is 4.03. The van der Waals surface area contributed by atoms with Crippen LogP contribution in [0.4, 0.5) is 5.69 Å². The molecule has 2 N–H and O–H groups in total. The molecule has 0 atom stereocenters. The predicted octanol–water partition coefficient (Wildman–Crippen LogP) is 5.51. The van der Waals surface area contributed by atoms with Gasteiger partial charge in [-0.2, -0.15) is 0 Å². The molecule has 0 radical (unpaired) electrons. The van der Waals surface area contributed by atoms with Gasteiger partial charge in [0.05, 0.1) is 7.11 Å². The van der Waals surface area contributed by atoms with Crippen LogP contribution in [0.2, 0.25) is 5.02 Å². The van der Waals surface area contributed by atoms with Crippen molar-refractivity contribution in [1.82, 2.24) is 5.32 Å². The summed E-state index contributed by atoms with van der Waals surface area (Å²) in [6.07, 6.45) is 2.43. The summed E-state index contributed by atoms with van der Waals surface area (Å²) in [5.74, 6) is 0.765. The molecule has 6 nitrogen and oxygen atoms in total. The number of hydrogen-bond acceptors (Lipinski definition) is 5. The molecule has 0 aromatic heterocycles. The summed E-state index contributed by atoms with van der Waals surface area (Å²) >= 11 is 5.86. The lowest BCUT2D eigenvalue weighted by atomic mass is 9.85. The van der Waals surface area contributed by atoms with Crippen LogP contribution in [-0.4, -0.2) is 30.9 Å². The van der Waals surface area contributed by atoms with Crippen molar-refractivity contribution >= 4 is 34.7 Å². The fourth-order valence-electron chi connectivity index (χ4n) is 3.99. The lowest BCUT2D eigenvalue weighted by molar-refractivity contribution is -0.118. The van der Waals surface area contributed by atoms with E-state index in [0.29, 0.717) is 22.0 Å². The molecule has 4 rings (SSSR count). The molecule has 0 unspecified atom stereocenters. The molecule has 0 spiro atoms. The third-order valence-electron chi connectivity index (χ3n) is 5.60. The van der Waals surface area contributed by atoms with Crippen molar-refractivity contribution in [3.8, 4) is 11.5 Å². The number of ketones is 1. The maximum Gasteiger partial charge on any atom is 0.262 e. The average molecular weight is 491 g/mol. The maximum absolute atomic E-state index is 13.2. The van der Waals surface area contributed by atoms with E-state index < -0.39 is 0 Å². The molecule has 7 heteroatoms. The largest absolute Gasteiger partial charge is 0.497 e. The molecule has 180 valence electrons. The van der Waals surface area contributed by atoms with Gasteiger partial charge in [0.1, 0.15) is 11.5 Å². The van der Waals surface area contributed by atoms with E-state index in [1.807, 2.05) is 18.2 Å². The Balaban J connectivity index is 1.49. The highest BCUT2D eigenvalue weighted by Crippen LogP contribution is 2.32. The Kier molecular flexibility index (Phi) is 7.12. The van der Waals surface area contributed by atoms with Crippen LogP contribution in [0.3, 0.4) is 0 Å². The normalized spacial score (nSPS) is 15.0. The minimum atomic E-state index is -0.334. The zero-order valence-corrected chi connectivity index (χ0v) is 20.6. The van der Waals surface area contributed by atoms with Crippen molar-refractivity contribution in [2.24, 2.45) is 0 Å². The molecule has 0 aliphatic carbocycles. The highest BCUT2D eigenvalue weighted by molar-refractivity contribution is 6.30. The number of benzene rings is 3. The van der Waals surface area contributed by atoms with Gasteiger partial charge >= 0.3 is 0 Å². The Bertz CT molecular complexity index is 1280. The summed E-state index contributed by atoms with van der Waals surface area (Å²) in [4.78, 5) is 25.5. The van der Waals surface area contributed by atoms with E-state index in [1.54, 1.807) is 61.7 Å². The maximum atomic E-state index is 13.2. The van der Waals surface area contributed by atoms with Gasteiger partial charge in [-0.3, -0.25) is 9.59 Å². The summed E-state index contributed by atoms with van der Waals surface area (Å²) in [6, 6.07) is 19.5. The molecule has 0 fully saturated rings. The number of nitrogens with one attached hydrogen (secondary N) is 2. The van der Waals surface area contributed by atoms with Gasteiger partial charge in [-0.15, -0.1) is 0 Å². The van der Waals surface area contributed by atoms with Crippen LogP contribution in [0.1, 0.15) is 35.3 Å². The lowest BCUT2D eigenvalue weighted by Crippen LogP contribution is -2.43. The Labute approximate surface area is 209 Å². The fraction of sp³-hybridized carbons (Fsp3) is 0.214. The van der Waals surface area contributed by atoms with Crippen LogP contribution in [0.5, 0.6) is 11.5 Å². The van der Waals surface area contributed by atoms with E-state index in [2.05, 4.69) is 24.5 Å². The SMILES string of the molecule is COc1ccc2c(c1)/C(=C/C(=O)c1cccc(NC(=O)COc3ccc(Cl)cc3)c1)NC(C)(C)C2. The first-order chi connectivity index (χ1) is 16.7. The van der Waals surface area contributed by atoms with Crippen LogP contribution in [0, 0.1) is 0 Å². The van der Waals surface area contributed by atoms with Crippen LogP contribution >= 0.6 is 11.6 Å². The van der Waals surface area contributed by atoms with Crippen LogP contribution in [-0.2, 0) is 11.2 Å². The number of allylic oxidation sites excluding steroid dienone is 1. The number of ether oxygens (including phenoxy) is 2. The minimum absolute atomic E-state index is 0.165. The molecule has 1 amide bonds. The first-order valence-electron chi connectivity index (χ1n) is 11.2. The Hall–Kier alpha value is -3.77. The number of halogens is 1. The van der Waals surface area contributed by atoms with E-state index >= 15 is 0 Å². The summed E-state index contributed by atoms with van der Waals surface area (Å²) in [7, 11) is 1.62. The highest BCUT2D eigenvalue weighted by Gasteiger charge is 2.28. The van der Waals surface area contributed by atoms with Crippen LogP contribution in [0.15, 0.2) is 72.8 Å². The van der Waals surface area contributed by atoms with Crippen LogP contribution < -0.4 is 20.1 Å². The molecular weight excluding hydrogens is 464 g/mol.